The zero-order valence-corrected chi connectivity index (χ0v) is 19.0. The lowest BCUT2D eigenvalue weighted by molar-refractivity contribution is -0.136. The minimum atomic E-state index is -0.892. The zero-order chi connectivity index (χ0) is 23.8. The number of rotatable bonds is 7. The fourth-order valence-electron chi connectivity index (χ4n) is 3.30. The van der Waals surface area contributed by atoms with E-state index in [2.05, 4.69) is 15.8 Å². The molecule has 1 aliphatic rings. The van der Waals surface area contributed by atoms with E-state index in [1.54, 1.807) is 35.2 Å². The van der Waals surface area contributed by atoms with Gasteiger partial charge in [-0.05, 0) is 73.7 Å². The highest BCUT2D eigenvalue weighted by Crippen LogP contribution is 2.27. The van der Waals surface area contributed by atoms with Gasteiger partial charge in [-0.3, -0.25) is 14.4 Å². The second kappa shape index (κ2) is 11.1. The largest absolute Gasteiger partial charge is 0.493 e. The minimum Gasteiger partial charge on any atom is -0.493 e. The van der Waals surface area contributed by atoms with Crippen molar-refractivity contribution in [2.45, 2.75) is 26.7 Å². The number of likely N-dealkylation sites (tertiary alicyclic amines) is 1. The molecule has 1 heterocycles. The molecule has 33 heavy (non-hydrogen) atoms. The number of benzene rings is 2. The second-order valence-corrected chi connectivity index (χ2v) is 7.74. The van der Waals surface area contributed by atoms with Crippen LogP contribution in [0.5, 0.6) is 11.5 Å². The third-order valence-corrected chi connectivity index (χ3v) is 5.35. The van der Waals surface area contributed by atoms with Gasteiger partial charge in [0.05, 0.1) is 13.3 Å². The molecule has 1 aliphatic heterocycles. The van der Waals surface area contributed by atoms with E-state index in [0.717, 1.165) is 37.1 Å². The van der Waals surface area contributed by atoms with Crippen molar-refractivity contribution < 1.29 is 23.9 Å². The van der Waals surface area contributed by atoms with Gasteiger partial charge in [-0.15, -0.1) is 0 Å². The van der Waals surface area contributed by atoms with Crippen molar-refractivity contribution in [1.82, 2.24) is 10.3 Å². The Bertz CT molecular complexity index is 1060. The summed E-state index contributed by atoms with van der Waals surface area (Å²) in [4.78, 5) is 38.0. The Kier molecular flexibility index (Phi) is 8.01. The van der Waals surface area contributed by atoms with E-state index in [1.165, 1.54) is 13.3 Å². The number of methoxy groups -OCH3 is 1. The summed E-state index contributed by atoms with van der Waals surface area (Å²) >= 11 is 0. The second-order valence-electron chi connectivity index (χ2n) is 7.74. The van der Waals surface area contributed by atoms with Crippen LogP contribution in [0, 0.1) is 13.8 Å². The van der Waals surface area contributed by atoms with Gasteiger partial charge in [0.15, 0.2) is 18.1 Å². The first-order chi connectivity index (χ1) is 15.9. The number of amides is 3. The number of nitrogens with zero attached hydrogens (tertiary/aromatic N) is 2. The molecule has 2 N–H and O–H groups in total. The van der Waals surface area contributed by atoms with E-state index >= 15 is 0 Å². The molecule has 0 radical (unpaired) electrons. The van der Waals surface area contributed by atoms with Crippen LogP contribution < -0.4 is 20.2 Å². The van der Waals surface area contributed by atoms with Gasteiger partial charge in [-0.2, -0.15) is 5.10 Å². The number of carbonyl (C=O) groups excluding carboxylic acids is 3. The average molecular weight is 453 g/mol. The number of aryl methyl sites for hydroxylation is 2. The number of hydrogen-bond acceptors (Lipinski definition) is 6. The van der Waals surface area contributed by atoms with Gasteiger partial charge in [0.25, 0.3) is 5.91 Å². The van der Waals surface area contributed by atoms with E-state index in [0.29, 0.717) is 22.7 Å². The van der Waals surface area contributed by atoms with Crippen molar-refractivity contribution in [2.75, 3.05) is 32.1 Å². The van der Waals surface area contributed by atoms with Crippen LogP contribution >= 0.6 is 0 Å². The number of carbonyl (C=O) groups is 3. The Morgan fingerprint density at radius 3 is 2.45 bits per heavy atom. The fourth-order valence-corrected chi connectivity index (χ4v) is 3.30. The SMILES string of the molecule is COc1cc(/C=N\NC(=O)C(=O)Nc2ccc(C)c(C)c2)ccc1OCC(=O)N1CCCC1. The van der Waals surface area contributed by atoms with Crippen LogP contribution in [0.3, 0.4) is 0 Å². The van der Waals surface area contributed by atoms with Gasteiger partial charge in [-0.1, -0.05) is 6.07 Å². The van der Waals surface area contributed by atoms with E-state index in [9.17, 15) is 14.4 Å². The number of hydrazone groups is 1. The van der Waals surface area contributed by atoms with E-state index in [-0.39, 0.29) is 12.5 Å². The molecule has 9 nitrogen and oxygen atoms in total. The molecule has 0 atom stereocenters. The molecule has 174 valence electrons. The molecule has 0 spiro atoms. The van der Waals surface area contributed by atoms with Crippen molar-refractivity contribution >= 4 is 29.6 Å². The van der Waals surface area contributed by atoms with Crippen molar-refractivity contribution in [2.24, 2.45) is 5.10 Å². The van der Waals surface area contributed by atoms with Gasteiger partial charge in [0.2, 0.25) is 0 Å². The van der Waals surface area contributed by atoms with Crippen molar-refractivity contribution in [3.63, 3.8) is 0 Å². The maximum Gasteiger partial charge on any atom is 0.329 e. The Labute approximate surface area is 192 Å². The monoisotopic (exact) mass is 452 g/mol. The van der Waals surface area contributed by atoms with Crippen LogP contribution in [-0.2, 0) is 14.4 Å². The summed E-state index contributed by atoms with van der Waals surface area (Å²) in [5.41, 5.74) is 5.44. The Balaban J connectivity index is 1.53. The summed E-state index contributed by atoms with van der Waals surface area (Å²) in [5.74, 6) is -0.913. The summed E-state index contributed by atoms with van der Waals surface area (Å²) in [7, 11) is 1.49. The molecule has 0 aliphatic carbocycles. The van der Waals surface area contributed by atoms with Gasteiger partial charge < -0.3 is 19.7 Å². The topological polar surface area (TPSA) is 109 Å². The van der Waals surface area contributed by atoms with Crippen LogP contribution in [0.15, 0.2) is 41.5 Å². The van der Waals surface area contributed by atoms with Crippen LogP contribution in [0.25, 0.3) is 0 Å². The highest BCUT2D eigenvalue weighted by molar-refractivity contribution is 6.39. The molecule has 3 rings (SSSR count). The molecule has 2 aromatic carbocycles. The van der Waals surface area contributed by atoms with Crippen LogP contribution in [0.4, 0.5) is 5.69 Å². The normalized spacial score (nSPS) is 13.1. The summed E-state index contributed by atoms with van der Waals surface area (Å²) in [5, 5.41) is 6.36. The first kappa shape index (κ1) is 23.8. The first-order valence-electron chi connectivity index (χ1n) is 10.7. The van der Waals surface area contributed by atoms with Crippen molar-refractivity contribution in [3.05, 3.63) is 53.1 Å². The van der Waals surface area contributed by atoms with E-state index < -0.39 is 11.8 Å². The highest BCUT2D eigenvalue weighted by Gasteiger charge is 2.19. The van der Waals surface area contributed by atoms with Crippen LogP contribution in [-0.4, -0.2) is 55.6 Å². The van der Waals surface area contributed by atoms with Crippen LogP contribution in [0.2, 0.25) is 0 Å². The van der Waals surface area contributed by atoms with Crippen molar-refractivity contribution in [3.8, 4) is 11.5 Å². The smallest absolute Gasteiger partial charge is 0.329 e. The molecular weight excluding hydrogens is 424 g/mol. The third kappa shape index (κ3) is 6.55. The summed E-state index contributed by atoms with van der Waals surface area (Å²) in [6.45, 7) is 5.36. The predicted octanol–water partition coefficient (Wildman–Crippen LogP) is 2.40. The zero-order valence-electron chi connectivity index (χ0n) is 19.0. The molecule has 1 fully saturated rings. The van der Waals surface area contributed by atoms with Gasteiger partial charge >= 0.3 is 11.8 Å². The number of ether oxygens (including phenoxy) is 2. The Morgan fingerprint density at radius 2 is 1.76 bits per heavy atom. The minimum absolute atomic E-state index is 0.0537. The van der Waals surface area contributed by atoms with Gasteiger partial charge in [0.1, 0.15) is 0 Å². The van der Waals surface area contributed by atoms with E-state index in [4.69, 9.17) is 9.47 Å². The molecule has 1 saturated heterocycles. The fraction of sp³-hybridized carbons (Fsp3) is 0.333. The lowest BCUT2D eigenvalue weighted by Gasteiger charge is -2.16. The maximum atomic E-state index is 12.2. The molecule has 3 amide bonds. The molecule has 0 bridgehead atoms. The number of hydrogen-bond donors (Lipinski definition) is 2. The maximum absolute atomic E-state index is 12.2. The van der Waals surface area contributed by atoms with Gasteiger partial charge in [-0.25, -0.2) is 5.43 Å². The van der Waals surface area contributed by atoms with Gasteiger partial charge in [0, 0.05) is 18.8 Å². The molecule has 0 saturated carbocycles. The standard InChI is InChI=1S/C24H28N4O5/c1-16-6-8-19(12-17(16)2)26-23(30)24(31)27-25-14-18-7-9-20(21(13-18)32-3)33-15-22(29)28-10-4-5-11-28/h6-9,12-14H,4-5,10-11,15H2,1-3H3,(H,26,30)(H,27,31)/b25-14-. The summed E-state index contributed by atoms with van der Waals surface area (Å²) in [6, 6.07) is 10.4. The molecule has 0 aromatic heterocycles. The first-order valence-corrected chi connectivity index (χ1v) is 10.7. The third-order valence-electron chi connectivity index (χ3n) is 5.35. The Hall–Kier alpha value is -3.88. The quantitative estimate of drug-likeness (QED) is 0.381. The summed E-state index contributed by atoms with van der Waals surface area (Å²) in [6.07, 6.45) is 3.42. The molecular formula is C24H28N4O5. The number of anilines is 1. The van der Waals surface area contributed by atoms with Crippen LogP contribution in [0.1, 0.15) is 29.5 Å². The Morgan fingerprint density at radius 1 is 1.00 bits per heavy atom. The highest BCUT2D eigenvalue weighted by atomic mass is 16.5. The predicted molar refractivity (Wildman–Crippen MR) is 125 cm³/mol. The molecule has 0 unspecified atom stereocenters. The summed E-state index contributed by atoms with van der Waals surface area (Å²) < 4.78 is 11.0. The lowest BCUT2D eigenvalue weighted by atomic mass is 10.1. The number of nitrogens with one attached hydrogen (secondary N) is 2. The molecule has 2 aromatic rings. The lowest BCUT2D eigenvalue weighted by Crippen LogP contribution is -2.32. The average Bonchev–Trinajstić information content (AvgIpc) is 3.35. The van der Waals surface area contributed by atoms with Crippen molar-refractivity contribution in [1.29, 1.82) is 0 Å². The molecule has 9 heteroatoms. The van der Waals surface area contributed by atoms with E-state index in [1.807, 2.05) is 19.9 Å².